The third-order valence-corrected chi connectivity index (χ3v) is 3.78. The molecular weight excluding hydrogens is 357 g/mol. The van der Waals surface area contributed by atoms with Crippen LogP contribution in [0.5, 0.6) is 0 Å². The lowest BCUT2D eigenvalue weighted by atomic mass is 10.1. The van der Waals surface area contributed by atoms with Crippen molar-refractivity contribution in [2.24, 2.45) is 0 Å². The SMILES string of the molecule is CCOC(=O)Cc1ccc(Nc2ccc(C(F)(F)F)c(Cl)c2N)cc1. The van der Waals surface area contributed by atoms with Crippen molar-refractivity contribution in [3.63, 3.8) is 0 Å². The lowest BCUT2D eigenvalue weighted by Gasteiger charge is -2.15. The number of anilines is 3. The van der Waals surface area contributed by atoms with Crippen LogP contribution >= 0.6 is 11.6 Å². The van der Waals surface area contributed by atoms with E-state index in [9.17, 15) is 18.0 Å². The van der Waals surface area contributed by atoms with Crippen molar-refractivity contribution in [1.29, 1.82) is 0 Å². The number of carbonyl (C=O) groups is 1. The van der Waals surface area contributed by atoms with Crippen molar-refractivity contribution in [3.05, 3.63) is 52.5 Å². The first-order valence-corrected chi connectivity index (χ1v) is 7.77. The second-order valence-corrected chi connectivity index (χ2v) is 5.57. The van der Waals surface area contributed by atoms with E-state index >= 15 is 0 Å². The first-order valence-electron chi connectivity index (χ1n) is 7.39. The highest BCUT2D eigenvalue weighted by Gasteiger charge is 2.34. The molecule has 2 aromatic carbocycles. The summed E-state index contributed by atoms with van der Waals surface area (Å²) in [6, 6.07) is 8.87. The fraction of sp³-hybridized carbons (Fsp3) is 0.235. The highest BCUT2D eigenvalue weighted by molar-refractivity contribution is 6.34. The topological polar surface area (TPSA) is 64.3 Å². The Balaban J connectivity index is 2.15. The predicted molar refractivity (Wildman–Crippen MR) is 90.9 cm³/mol. The Morgan fingerprint density at radius 3 is 2.40 bits per heavy atom. The maximum absolute atomic E-state index is 12.8. The van der Waals surface area contributed by atoms with Gasteiger partial charge in [0.2, 0.25) is 0 Å². The number of hydrogen-bond acceptors (Lipinski definition) is 4. The Hall–Kier alpha value is -2.41. The average Bonchev–Trinajstić information content (AvgIpc) is 2.52. The zero-order chi connectivity index (χ0) is 18.6. The van der Waals surface area contributed by atoms with E-state index in [1.54, 1.807) is 31.2 Å². The molecule has 0 saturated carbocycles. The molecule has 0 aliphatic heterocycles. The fourth-order valence-electron chi connectivity index (χ4n) is 2.16. The minimum atomic E-state index is -4.57. The molecule has 0 aliphatic rings. The van der Waals surface area contributed by atoms with E-state index in [1.807, 2.05) is 0 Å². The van der Waals surface area contributed by atoms with E-state index in [1.165, 1.54) is 6.07 Å². The molecule has 0 unspecified atom stereocenters. The van der Waals surface area contributed by atoms with Gasteiger partial charge < -0.3 is 15.8 Å². The fourth-order valence-corrected chi connectivity index (χ4v) is 2.43. The van der Waals surface area contributed by atoms with Gasteiger partial charge in [-0.05, 0) is 36.8 Å². The molecule has 2 rings (SSSR count). The highest BCUT2D eigenvalue weighted by Crippen LogP contribution is 2.40. The van der Waals surface area contributed by atoms with Crippen molar-refractivity contribution < 1.29 is 22.7 Å². The van der Waals surface area contributed by atoms with Gasteiger partial charge in [0.1, 0.15) is 0 Å². The molecule has 0 radical (unpaired) electrons. The molecule has 0 saturated heterocycles. The number of nitrogens with one attached hydrogen (secondary N) is 1. The number of halogens is 4. The van der Waals surface area contributed by atoms with Gasteiger partial charge in [-0.15, -0.1) is 0 Å². The molecule has 2 aromatic rings. The van der Waals surface area contributed by atoms with Gasteiger partial charge in [-0.25, -0.2) is 0 Å². The molecule has 0 bridgehead atoms. The highest BCUT2D eigenvalue weighted by atomic mass is 35.5. The zero-order valence-electron chi connectivity index (χ0n) is 13.3. The maximum Gasteiger partial charge on any atom is 0.417 e. The lowest BCUT2D eigenvalue weighted by Crippen LogP contribution is -2.08. The molecule has 0 spiro atoms. The number of nitrogens with two attached hydrogens (primary N) is 1. The van der Waals surface area contributed by atoms with Crippen molar-refractivity contribution in [1.82, 2.24) is 0 Å². The lowest BCUT2D eigenvalue weighted by molar-refractivity contribution is -0.142. The second-order valence-electron chi connectivity index (χ2n) is 5.19. The van der Waals surface area contributed by atoms with E-state index in [-0.39, 0.29) is 23.8 Å². The van der Waals surface area contributed by atoms with Gasteiger partial charge in [0.25, 0.3) is 0 Å². The van der Waals surface area contributed by atoms with Crippen LogP contribution in [0.25, 0.3) is 0 Å². The molecule has 4 nitrogen and oxygen atoms in total. The minimum absolute atomic E-state index is 0.141. The quantitative estimate of drug-likeness (QED) is 0.585. The largest absolute Gasteiger partial charge is 0.466 e. The van der Waals surface area contributed by atoms with Crippen LogP contribution in [-0.4, -0.2) is 12.6 Å². The van der Waals surface area contributed by atoms with Gasteiger partial charge in [0.15, 0.2) is 0 Å². The molecule has 134 valence electrons. The Labute approximate surface area is 147 Å². The van der Waals surface area contributed by atoms with Crippen LogP contribution in [0.2, 0.25) is 5.02 Å². The maximum atomic E-state index is 12.8. The molecule has 3 N–H and O–H groups in total. The average molecular weight is 373 g/mol. The first-order chi connectivity index (χ1) is 11.7. The van der Waals surface area contributed by atoms with Crippen molar-refractivity contribution in [3.8, 4) is 0 Å². The van der Waals surface area contributed by atoms with Crippen LogP contribution in [0.4, 0.5) is 30.2 Å². The number of hydrogen-bond donors (Lipinski definition) is 2. The number of ether oxygens (including phenoxy) is 1. The Morgan fingerprint density at radius 1 is 1.20 bits per heavy atom. The standard InChI is InChI=1S/C17H16ClF3N2O2/c1-2-25-14(24)9-10-3-5-11(6-4-10)23-13-8-7-12(17(19,20)21)15(18)16(13)22/h3-8,23H,2,9,22H2,1H3. The Morgan fingerprint density at radius 2 is 1.84 bits per heavy atom. The van der Waals surface area contributed by atoms with Crippen LogP contribution in [0.3, 0.4) is 0 Å². The van der Waals surface area contributed by atoms with Crippen LogP contribution in [0, 0.1) is 0 Å². The monoisotopic (exact) mass is 372 g/mol. The molecule has 0 aromatic heterocycles. The number of nitrogen functional groups attached to an aromatic ring is 1. The summed E-state index contributed by atoms with van der Waals surface area (Å²) < 4.78 is 43.2. The smallest absolute Gasteiger partial charge is 0.417 e. The summed E-state index contributed by atoms with van der Waals surface area (Å²) in [6.45, 7) is 2.04. The summed E-state index contributed by atoms with van der Waals surface area (Å²) in [6.07, 6.45) is -4.43. The normalized spacial score (nSPS) is 11.2. The van der Waals surface area contributed by atoms with Crippen LogP contribution in [0.1, 0.15) is 18.1 Å². The molecule has 0 fully saturated rings. The van der Waals surface area contributed by atoms with Gasteiger partial charge in [-0.1, -0.05) is 23.7 Å². The summed E-state index contributed by atoms with van der Waals surface area (Å²) in [7, 11) is 0. The minimum Gasteiger partial charge on any atom is -0.466 e. The third-order valence-electron chi connectivity index (χ3n) is 3.37. The molecule has 8 heteroatoms. The van der Waals surface area contributed by atoms with E-state index in [4.69, 9.17) is 22.1 Å². The summed E-state index contributed by atoms with van der Waals surface area (Å²) in [5, 5.41) is 2.36. The summed E-state index contributed by atoms with van der Waals surface area (Å²) in [4.78, 5) is 11.4. The van der Waals surface area contributed by atoms with Gasteiger partial charge in [0, 0.05) is 5.69 Å². The summed E-state index contributed by atoms with van der Waals surface area (Å²) in [5.74, 6) is -0.332. The summed E-state index contributed by atoms with van der Waals surface area (Å²) in [5.41, 5.74) is 6.13. The van der Waals surface area contributed by atoms with Gasteiger partial charge in [-0.3, -0.25) is 4.79 Å². The van der Waals surface area contributed by atoms with Crippen LogP contribution in [0.15, 0.2) is 36.4 Å². The van der Waals surface area contributed by atoms with Crippen molar-refractivity contribution in [2.75, 3.05) is 17.7 Å². The molecule has 0 heterocycles. The first kappa shape index (κ1) is 18.9. The number of rotatable bonds is 5. The van der Waals surface area contributed by atoms with Crippen molar-refractivity contribution in [2.45, 2.75) is 19.5 Å². The number of benzene rings is 2. The van der Waals surface area contributed by atoms with Gasteiger partial charge in [-0.2, -0.15) is 13.2 Å². The summed E-state index contributed by atoms with van der Waals surface area (Å²) >= 11 is 5.73. The van der Waals surface area contributed by atoms with E-state index < -0.39 is 16.8 Å². The van der Waals surface area contributed by atoms with Crippen LogP contribution in [-0.2, 0) is 22.1 Å². The number of alkyl halides is 3. The Kier molecular flexibility index (Phi) is 5.79. The Bertz CT molecular complexity index is 762. The molecule has 25 heavy (non-hydrogen) atoms. The van der Waals surface area contributed by atoms with E-state index in [0.717, 1.165) is 11.6 Å². The van der Waals surface area contributed by atoms with Gasteiger partial charge in [0.05, 0.1) is 35.0 Å². The second kappa shape index (κ2) is 7.65. The van der Waals surface area contributed by atoms with Gasteiger partial charge >= 0.3 is 12.1 Å². The number of carbonyl (C=O) groups excluding carboxylic acids is 1. The number of esters is 1. The molecular formula is C17H16ClF3N2O2. The molecule has 0 amide bonds. The molecule has 0 atom stereocenters. The molecule has 0 aliphatic carbocycles. The van der Waals surface area contributed by atoms with E-state index in [0.29, 0.717) is 12.3 Å². The zero-order valence-corrected chi connectivity index (χ0v) is 14.0. The van der Waals surface area contributed by atoms with Crippen molar-refractivity contribution >= 4 is 34.6 Å². The predicted octanol–water partition coefficient (Wildman–Crippen LogP) is 4.79. The van der Waals surface area contributed by atoms with E-state index in [2.05, 4.69) is 5.32 Å². The third kappa shape index (κ3) is 4.79. The van der Waals surface area contributed by atoms with Crippen LogP contribution < -0.4 is 11.1 Å².